The van der Waals surface area contributed by atoms with Crippen molar-refractivity contribution in [2.45, 2.75) is 55.4 Å². The highest BCUT2D eigenvalue weighted by molar-refractivity contribution is 7.98. The van der Waals surface area contributed by atoms with Crippen LogP contribution in [0.15, 0.2) is 52.3 Å². The molecule has 178 valence electrons. The first-order valence-electron chi connectivity index (χ1n) is 11.2. The molecule has 9 heteroatoms. The largest absolute Gasteiger partial charge is 0.350 e. The van der Waals surface area contributed by atoms with Crippen molar-refractivity contribution < 1.29 is 18.0 Å². The standard InChI is InChI=1S/C24H31N3O4S2/c1-4-17(2)25-23(28)19-10-6-7-11-21(19)26-33(30,31)18-12-13-22(32-3)20(16-18)24(29)27-14-8-5-9-15-27/h6-7,10-13,16-17,26H,4-5,8-9,14-15H2,1-3H3,(H,25,28)/t17-/m0/s1. The highest BCUT2D eigenvalue weighted by atomic mass is 32.2. The van der Waals surface area contributed by atoms with Crippen molar-refractivity contribution in [1.82, 2.24) is 10.2 Å². The van der Waals surface area contributed by atoms with Crippen molar-refractivity contribution in [3.63, 3.8) is 0 Å². The predicted molar refractivity (Wildman–Crippen MR) is 132 cm³/mol. The van der Waals surface area contributed by atoms with Crippen LogP contribution in [0.2, 0.25) is 0 Å². The highest BCUT2D eigenvalue weighted by Gasteiger charge is 2.25. The first kappa shape index (κ1) is 25.1. The van der Waals surface area contributed by atoms with E-state index < -0.39 is 10.0 Å². The quantitative estimate of drug-likeness (QED) is 0.537. The van der Waals surface area contributed by atoms with Crippen molar-refractivity contribution in [1.29, 1.82) is 0 Å². The van der Waals surface area contributed by atoms with Crippen LogP contribution < -0.4 is 10.0 Å². The van der Waals surface area contributed by atoms with E-state index in [9.17, 15) is 18.0 Å². The van der Waals surface area contributed by atoms with Gasteiger partial charge in [0.05, 0.1) is 21.7 Å². The van der Waals surface area contributed by atoms with Crippen LogP contribution in [0.4, 0.5) is 5.69 Å². The van der Waals surface area contributed by atoms with Crippen LogP contribution in [0.1, 0.15) is 60.2 Å². The molecule has 1 aliphatic rings. The van der Waals surface area contributed by atoms with Gasteiger partial charge in [-0.3, -0.25) is 14.3 Å². The molecule has 1 aliphatic heterocycles. The fourth-order valence-corrected chi connectivity index (χ4v) is 5.34. The third kappa shape index (κ3) is 6.09. The second kappa shape index (κ2) is 11.1. The second-order valence-electron chi connectivity index (χ2n) is 8.15. The van der Waals surface area contributed by atoms with Crippen molar-refractivity contribution in [3.05, 3.63) is 53.6 Å². The molecule has 1 fully saturated rings. The van der Waals surface area contributed by atoms with E-state index in [0.29, 0.717) is 18.7 Å². The van der Waals surface area contributed by atoms with Gasteiger partial charge in [0, 0.05) is 24.0 Å². The molecule has 0 bridgehead atoms. The Kier molecular flexibility index (Phi) is 8.42. The first-order valence-corrected chi connectivity index (χ1v) is 13.9. The first-order chi connectivity index (χ1) is 15.8. The number of amides is 2. The Labute approximate surface area is 200 Å². The van der Waals surface area contributed by atoms with Crippen molar-refractivity contribution in [3.8, 4) is 0 Å². The number of nitrogens with zero attached hydrogens (tertiary/aromatic N) is 1. The zero-order valence-corrected chi connectivity index (χ0v) is 20.9. The molecule has 2 amide bonds. The molecule has 1 saturated heterocycles. The molecule has 2 N–H and O–H groups in total. The lowest BCUT2D eigenvalue weighted by Crippen LogP contribution is -2.36. The monoisotopic (exact) mass is 489 g/mol. The number of para-hydroxylation sites is 1. The Morgan fingerprint density at radius 2 is 1.76 bits per heavy atom. The molecular weight excluding hydrogens is 458 g/mol. The van der Waals surface area contributed by atoms with Crippen LogP contribution in [0.3, 0.4) is 0 Å². The zero-order chi connectivity index (χ0) is 24.0. The van der Waals surface area contributed by atoms with E-state index in [1.165, 1.54) is 23.9 Å². The van der Waals surface area contributed by atoms with Crippen LogP contribution in [-0.4, -0.2) is 50.5 Å². The molecule has 33 heavy (non-hydrogen) atoms. The van der Waals surface area contributed by atoms with Crippen LogP contribution in [-0.2, 0) is 10.0 Å². The van der Waals surface area contributed by atoms with E-state index in [0.717, 1.165) is 30.6 Å². The van der Waals surface area contributed by atoms with E-state index in [1.807, 2.05) is 20.1 Å². The number of likely N-dealkylation sites (tertiary alicyclic amines) is 1. The number of carbonyl (C=O) groups is 2. The fourth-order valence-electron chi connectivity index (χ4n) is 3.67. The lowest BCUT2D eigenvalue weighted by atomic mass is 10.1. The Bertz CT molecular complexity index is 1110. The normalized spacial score (nSPS) is 15.1. The van der Waals surface area contributed by atoms with Crippen LogP contribution in [0.5, 0.6) is 0 Å². The molecule has 7 nitrogen and oxygen atoms in total. The molecular formula is C24H31N3O4S2. The predicted octanol–water partition coefficient (Wildman–Crippen LogP) is 4.36. The molecule has 2 aromatic rings. The van der Waals surface area contributed by atoms with Gasteiger partial charge < -0.3 is 10.2 Å². The molecule has 3 rings (SSSR count). The van der Waals surface area contributed by atoms with Crippen molar-refractivity contribution in [2.24, 2.45) is 0 Å². The molecule has 0 aliphatic carbocycles. The summed E-state index contributed by atoms with van der Waals surface area (Å²) in [6.07, 6.45) is 5.63. The number of hydrogen-bond acceptors (Lipinski definition) is 5. The van der Waals surface area contributed by atoms with E-state index >= 15 is 0 Å². The van der Waals surface area contributed by atoms with Gasteiger partial charge in [-0.1, -0.05) is 19.1 Å². The lowest BCUT2D eigenvalue weighted by Gasteiger charge is -2.27. The number of sulfonamides is 1. The molecule has 2 aromatic carbocycles. The number of benzene rings is 2. The topological polar surface area (TPSA) is 95.6 Å². The summed E-state index contributed by atoms with van der Waals surface area (Å²) < 4.78 is 29.0. The average molecular weight is 490 g/mol. The maximum atomic E-state index is 13.2. The molecule has 0 aromatic heterocycles. The van der Waals surface area contributed by atoms with Gasteiger partial charge in [0.25, 0.3) is 21.8 Å². The van der Waals surface area contributed by atoms with Crippen LogP contribution in [0.25, 0.3) is 0 Å². The Balaban J connectivity index is 1.91. The summed E-state index contributed by atoms with van der Waals surface area (Å²) in [5, 5.41) is 2.86. The van der Waals surface area contributed by atoms with E-state index in [4.69, 9.17) is 0 Å². The summed E-state index contributed by atoms with van der Waals surface area (Å²) in [5.41, 5.74) is 0.818. The zero-order valence-electron chi connectivity index (χ0n) is 19.3. The van der Waals surface area contributed by atoms with Gasteiger partial charge in [0.15, 0.2) is 0 Å². The van der Waals surface area contributed by atoms with Gasteiger partial charge in [-0.15, -0.1) is 11.8 Å². The minimum atomic E-state index is -4.03. The third-order valence-electron chi connectivity index (χ3n) is 5.76. The summed E-state index contributed by atoms with van der Waals surface area (Å²) in [6, 6.07) is 11.0. The number of rotatable bonds is 8. The van der Waals surface area contributed by atoms with E-state index in [2.05, 4.69) is 10.0 Å². The molecule has 0 unspecified atom stereocenters. The number of nitrogens with one attached hydrogen (secondary N) is 2. The van der Waals surface area contributed by atoms with Gasteiger partial charge in [-0.2, -0.15) is 0 Å². The lowest BCUT2D eigenvalue weighted by molar-refractivity contribution is 0.0720. The van der Waals surface area contributed by atoms with Gasteiger partial charge in [-0.05, 0) is 69.2 Å². The average Bonchev–Trinajstić information content (AvgIpc) is 2.83. The minimum absolute atomic E-state index is 0.0159. The third-order valence-corrected chi connectivity index (χ3v) is 7.92. The highest BCUT2D eigenvalue weighted by Crippen LogP contribution is 2.28. The molecule has 1 heterocycles. The number of thioether (sulfide) groups is 1. The van der Waals surface area contributed by atoms with Crippen LogP contribution >= 0.6 is 11.8 Å². The van der Waals surface area contributed by atoms with Gasteiger partial charge in [0.1, 0.15) is 0 Å². The molecule has 0 radical (unpaired) electrons. The van der Waals surface area contributed by atoms with Gasteiger partial charge in [0.2, 0.25) is 0 Å². The number of piperidine rings is 1. The SMILES string of the molecule is CC[C@H](C)NC(=O)c1ccccc1NS(=O)(=O)c1ccc(SC)c(C(=O)N2CCCCC2)c1. The second-order valence-corrected chi connectivity index (χ2v) is 10.7. The van der Waals surface area contributed by atoms with Crippen LogP contribution in [0, 0.1) is 0 Å². The summed E-state index contributed by atoms with van der Waals surface area (Å²) in [5.74, 6) is -0.495. The maximum Gasteiger partial charge on any atom is 0.261 e. The van der Waals surface area contributed by atoms with Gasteiger partial charge in [-0.25, -0.2) is 8.42 Å². The maximum absolute atomic E-state index is 13.2. The molecule has 1 atom stereocenters. The Morgan fingerprint density at radius 3 is 2.42 bits per heavy atom. The van der Waals surface area contributed by atoms with E-state index in [1.54, 1.807) is 35.2 Å². The Morgan fingerprint density at radius 1 is 1.06 bits per heavy atom. The minimum Gasteiger partial charge on any atom is -0.350 e. The van der Waals surface area contributed by atoms with Crippen molar-refractivity contribution >= 4 is 39.3 Å². The van der Waals surface area contributed by atoms with Gasteiger partial charge >= 0.3 is 0 Å². The smallest absolute Gasteiger partial charge is 0.261 e. The molecule has 0 spiro atoms. The fraction of sp³-hybridized carbons (Fsp3) is 0.417. The Hall–Kier alpha value is -2.52. The summed E-state index contributed by atoms with van der Waals surface area (Å²) in [4.78, 5) is 28.3. The summed E-state index contributed by atoms with van der Waals surface area (Å²) in [6.45, 7) is 5.21. The number of hydrogen-bond donors (Lipinski definition) is 2. The number of anilines is 1. The summed E-state index contributed by atoms with van der Waals surface area (Å²) >= 11 is 1.41. The molecule has 0 saturated carbocycles. The number of carbonyl (C=O) groups excluding carboxylic acids is 2. The summed E-state index contributed by atoms with van der Waals surface area (Å²) in [7, 11) is -4.03. The van der Waals surface area contributed by atoms with Crippen molar-refractivity contribution in [2.75, 3.05) is 24.1 Å². The van der Waals surface area contributed by atoms with E-state index in [-0.39, 0.29) is 34.0 Å².